The Morgan fingerprint density at radius 1 is 1.44 bits per heavy atom. The first-order valence-corrected chi connectivity index (χ1v) is 7.11. The van der Waals surface area contributed by atoms with Crippen molar-refractivity contribution in [3.05, 3.63) is 23.9 Å². The molecule has 0 aliphatic rings. The smallest absolute Gasteiger partial charge is 0.258 e. The van der Waals surface area contributed by atoms with Crippen LogP contribution in [-0.2, 0) is 21.4 Å². The van der Waals surface area contributed by atoms with Gasteiger partial charge in [0.05, 0.1) is 19.3 Å². The van der Waals surface area contributed by atoms with Gasteiger partial charge in [-0.2, -0.15) is 0 Å². The van der Waals surface area contributed by atoms with Gasteiger partial charge in [-0.3, -0.25) is 0 Å². The molecule has 0 aliphatic carbocycles. The minimum Gasteiger partial charge on any atom is -0.392 e. The Hall–Kier alpha value is -1.02. The number of aliphatic hydroxyl groups is 1. The number of aliphatic hydroxyl groups excluding tert-OH is 1. The molecular weight excluding hydrogens is 256 g/mol. The highest BCUT2D eigenvalue weighted by atomic mass is 32.2. The van der Waals surface area contributed by atoms with E-state index in [1.165, 1.54) is 18.3 Å². The van der Waals surface area contributed by atoms with Crippen LogP contribution in [0.3, 0.4) is 0 Å². The Labute approximate surface area is 107 Å². The van der Waals surface area contributed by atoms with Gasteiger partial charge in [-0.25, -0.2) is 18.1 Å². The summed E-state index contributed by atoms with van der Waals surface area (Å²) in [7, 11) is -3.61. The van der Waals surface area contributed by atoms with Crippen molar-refractivity contribution in [3.8, 4) is 0 Å². The van der Waals surface area contributed by atoms with Crippen molar-refractivity contribution in [1.82, 2.24) is 9.71 Å². The van der Waals surface area contributed by atoms with Crippen LogP contribution in [0, 0.1) is 0 Å². The molecule has 0 saturated heterocycles. The molecule has 7 heteroatoms. The Balaban J connectivity index is 2.57. The van der Waals surface area contributed by atoms with Crippen LogP contribution >= 0.6 is 0 Å². The monoisotopic (exact) mass is 274 g/mol. The fourth-order valence-electron chi connectivity index (χ4n) is 1.21. The number of nitrogens with one attached hydrogen (secondary N) is 1. The number of hydrogen-bond donors (Lipinski definition) is 2. The number of nitrogens with zero attached hydrogens (tertiary/aromatic N) is 1. The second-order valence-electron chi connectivity index (χ2n) is 3.98. The molecule has 0 fully saturated rings. The zero-order chi connectivity index (χ0) is 13.6. The number of aromatic nitrogens is 1. The first-order chi connectivity index (χ1) is 8.45. The van der Waals surface area contributed by atoms with E-state index in [0.29, 0.717) is 12.2 Å². The van der Waals surface area contributed by atoms with Gasteiger partial charge in [0.2, 0.25) is 0 Å². The summed E-state index contributed by atoms with van der Waals surface area (Å²) in [5.41, 5.74) is 0.567. The average Bonchev–Trinajstić information content (AvgIpc) is 2.34. The van der Waals surface area contributed by atoms with E-state index in [0.717, 1.165) is 0 Å². The molecule has 1 aromatic heterocycles. The number of rotatable bonds is 7. The standard InChI is InChI=1S/C11H18N2O4S/c1-9(2)17-6-5-13-18(15,16)11-4-3-10(8-14)7-12-11/h3-4,7,9,13-14H,5-6,8H2,1-2H3. The van der Waals surface area contributed by atoms with Crippen molar-refractivity contribution >= 4 is 10.0 Å². The lowest BCUT2D eigenvalue weighted by Crippen LogP contribution is -2.28. The van der Waals surface area contributed by atoms with Gasteiger partial charge in [-0.15, -0.1) is 0 Å². The van der Waals surface area contributed by atoms with Gasteiger partial charge in [0.25, 0.3) is 10.0 Å². The predicted octanol–water partition coefficient (Wildman–Crippen LogP) is 0.277. The molecule has 2 N–H and O–H groups in total. The normalized spacial score (nSPS) is 12.0. The first kappa shape index (κ1) is 15.0. The van der Waals surface area contributed by atoms with E-state index >= 15 is 0 Å². The summed E-state index contributed by atoms with van der Waals surface area (Å²) in [6.45, 7) is 4.10. The van der Waals surface area contributed by atoms with E-state index in [2.05, 4.69) is 9.71 Å². The van der Waals surface area contributed by atoms with Crippen molar-refractivity contribution in [2.45, 2.75) is 31.6 Å². The molecule has 0 aliphatic heterocycles. The van der Waals surface area contributed by atoms with E-state index in [4.69, 9.17) is 9.84 Å². The lowest BCUT2D eigenvalue weighted by molar-refractivity contribution is 0.0834. The summed E-state index contributed by atoms with van der Waals surface area (Å²) < 4.78 is 31.2. The van der Waals surface area contributed by atoms with Crippen molar-refractivity contribution in [3.63, 3.8) is 0 Å². The SMILES string of the molecule is CC(C)OCCNS(=O)(=O)c1ccc(CO)cn1. The van der Waals surface area contributed by atoms with Crippen LogP contribution in [0.2, 0.25) is 0 Å². The average molecular weight is 274 g/mol. The second-order valence-corrected chi connectivity index (χ2v) is 5.69. The number of sulfonamides is 1. The van der Waals surface area contributed by atoms with E-state index in [1.807, 2.05) is 13.8 Å². The lowest BCUT2D eigenvalue weighted by atomic mass is 10.3. The molecule has 102 valence electrons. The molecule has 6 nitrogen and oxygen atoms in total. The maximum Gasteiger partial charge on any atom is 0.258 e. The van der Waals surface area contributed by atoms with Crippen molar-refractivity contribution in [1.29, 1.82) is 0 Å². The molecule has 0 aromatic carbocycles. The molecule has 1 rings (SSSR count). The fraction of sp³-hybridized carbons (Fsp3) is 0.545. The van der Waals surface area contributed by atoms with Gasteiger partial charge >= 0.3 is 0 Å². The van der Waals surface area contributed by atoms with Crippen LogP contribution in [-0.4, -0.2) is 37.8 Å². The number of hydrogen-bond acceptors (Lipinski definition) is 5. The van der Waals surface area contributed by atoms with E-state index in [-0.39, 0.29) is 24.3 Å². The second kappa shape index (κ2) is 6.79. The van der Waals surface area contributed by atoms with Crippen molar-refractivity contribution in [2.24, 2.45) is 0 Å². The van der Waals surface area contributed by atoms with Crippen LogP contribution in [0.5, 0.6) is 0 Å². The topological polar surface area (TPSA) is 88.5 Å². The summed E-state index contributed by atoms with van der Waals surface area (Å²) in [6.07, 6.45) is 1.40. The van der Waals surface area contributed by atoms with Gasteiger partial charge in [-0.1, -0.05) is 6.07 Å². The maximum absolute atomic E-state index is 11.8. The summed E-state index contributed by atoms with van der Waals surface area (Å²) in [5, 5.41) is 8.77. The molecular formula is C11H18N2O4S. The Morgan fingerprint density at radius 2 is 2.17 bits per heavy atom. The molecule has 0 spiro atoms. The Kier molecular flexibility index (Phi) is 5.67. The summed E-state index contributed by atoms with van der Waals surface area (Å²) in [6, 6.07) is 2.88. The van der Waals surface area contributed by atoms with Crippen molar-refractivity contribution in [2.75, 3.05) is 13.2 Å². The third-order valence-corrected chi connectivity index (χ3v) is 3.48. The van der Waals surface area contributed by atoms with Crippen LogP contribution < -0.4 is 4.72 Å². The molecule has 0 atom stereocenters. The third kappa shape index (κ3) is 4.69. The molecule has 0 saturated carbocycles. The van der Waals surface area contributed by atoms with E-state index < -0.39 is 10.0 Å². The highest BCUT2D eigenvalue weighted by Crippen LogP contribution is 2.06. The molecule has 1 aromatic rings. The van der Waals surface area contributed by atoms with Crippen molar-refractivity contribution < 1.29 is 18.3 Å². The molecule has 0 bridgehead atoms. The van der Waals surface area contributed by atoms with Gasteiger partial charge in [0.1, 0.15) is 0 Å². The van der Waals surface area contributed by atoms with Crippen LogP contribution in [0.25, 0.3) is 0 Å². The predicted molar refractivity (Wildman–Crippen MR) is 66.4 cm³/mol. The zero-order valence-electron chi connectivity index (χ0n) is 10.5. The summed E-state index contributed by atoms with van der Waals surface area (Å²) >= 11 is 0. The summed E-state index contributed by atoms with van der Waals surface area (Å²) in [4.78, 5) is 3.78. The molecule has 1 heterocycles. The Morgan fingerprint density at radius 3 is 2.67 bits per heavy atom. The van der Waals surface area contributed by atoms with Crippen LogP contribution in [0.1, 0.15) is 19.4 Å². The highest BCUT2D eigenvalue weighted by molar-refractivity contribution is 7.89. The van der Waals surface area contributed by atoms with Crippen LogP contribution in [0.15, 0.2) is 23.4 Å². The van der Waals surface area contributed by atoms with Gasteiger partial charge in [0, 0.05) is 12.7 Å². The van der Waals surface area contributed by atoms with E-state index in [9.17, 15) is 8.42 Å². The van der Waals surface area contributed by atoms with Gasteiger partial charge < -0.3 is 9.84 Å². The Bertz CT molecular complexity index is 456. The van der Waals surface area contributed by atoms with E-state index in [1.54, 1.807) is 0 Å². The summed E-state index contributed by atoms with van der Waals surface area (Å²) in [5.74, 6) is 0. The van der Waals surface area contributed by atoms with Crippen LogP contribution in [0.4, 0.5) is 0 Å². The van der Waals surface area contributed by atoms with Gasteiger partial charge in [0.15, 0.2) is 5.03 Å². The zero-order valence-corrected chi connectivity index (χ0v) is 11.3. The maximum atomic E-state index is 11.8. The number of pyridine rings is 1. The fourth-order valence-corrected chi connectivity index (χ4v) is 2.15. The minimum absolute atomic E-state index is 0.0655. The molecule has 0 amide bonds. The molecule has 0 radical (unpaired) electrons. The third-order valence-electron chi connectivity index (χ3n) is 2.10. The molecule has 0 unspecified atom stereocenters. The molecule has 18 heavy (non-hydrogen) atoms. The highest BCUT2D eigenvalue weighted by Gasteiger charge is 2.14. The minimum atomic E-state index is -3.61. The quantitative estimate of drug-likeness (QED) is 0.697. The first-order valence-electron chi connectivity index (χ1n) is 5.63. The largest absolute Gasteiger partial charge is 0.392 e. The van der Waals surface area contributed by atoms with Gasteiger partial charge in [-0.05, 0) is 25.5 Å². The lowest BCUT2D eigenvalue weighted by Gasteiger charge is -2.09. The number of ether oxygens (including phenoxy) is 1.